The van der Waals surface area contributed by atoms with Crippen LogP contribution >= 0.6 is 0 Å². The number of carboxylic acid groups (broad SMARTS) is 1. The van der Waals surface area contributed by atoms with Crippen LogP contribution in [0.2, 0.25) is 0 Å². The minimum Gasteiger partial charge on any atom is -0.465 e. The smallest absolute Gasteiger partial charge is 0.407 e. The molecule has 3 N–H and O–H groups in total. The van der Waals surface area contributed by atoms with E-state index in [2.05, 4.69) is 0 Å². The highest BCUT2D eigenvalue weighted by Crippen LogP contribution is 2.24. The van der Waals surface area contributed by atoms with Crippen molar-refractivity contribution in [2.45, 2.75) is 32.9 Å². The highest BCUT2D eigenvalue weighted by molar-refractivity contribution is 5.65. The van der Waals surface area contributed by atoms with Crippen molar-refractivity contribution in [1.82, 2.24) is 4.90 Å². The summed E-state index contributed by atoms with van der Waals surface area (Å²) in [4.78, 5) is 12.3. The number of hydrogen-bond acceptors (Lipinski definition) is 3. The molecule has 0 aliphatic carbocycles. The minimum atomic E-state index is -0.926. The van der Waals surface area contributed by atoms with E-state index >= 15 is 0 Å². The van der Waals surface area contributed by atoms with E-state index in [9.17, 15) is 4.79 Å². The van der Waals surface area contributed by atoms with E-state index in [1.807, 2.05) is 20.8 Å². The van der Waals surface area contributed by atoms with Crippen LogP contribution in [-0.4, -0.2) is 47.9 Å². The molecule has 1 saturated heterocycles. The number of nitrogens with zero attached hydrogens (tertiary/aromatic N) is 1. The number of amides is 1. The summed E-state index contributed by atoms with van der Waals surface area (Å²) in [6, 6.07) is -0.228. The molecule has 88 valence electrons. The van der Waals surface area contributed by atoms with Gasteiger partial charge in [-0.3, -0.25) is 0 Å². The number of ether oxygens (including phenoxy) is 1. The van der Waals surface area contributed by atoms with E-state index < -0.39 is 6.09 Å². The second-order valence-electron chi connectivity index (χ2n) is 5.14. The predicted molar refractivity (Wildman–Crippen MR) is 56.8 cm³/mol. The molecule has 1 amide bonds. The average molecular weight is 216 g/mol. The molecule has 1 aliphatic rings. The first-order valence-electron chi connectivity index (χ1n) is 5.15. The molecule has 2 atom stereocenters. The highest BCUT2D eigenvalue weighted by atomic mass is 16.5. The summed E-state index contributed by atoms with van der Waals surface area (Å²) in [6.45, 7) is 7.28. The first-order valence-corrected chi connectivity index (χ1v) is 5.15. The van der Waals surface area contributed by atoms with Gasteiger partial charge >= 0.3 is 6.09 Å². The lowest BCUT2D eigenvalue weighted by Gasteiger charge is -2.31. The van der Waals surface area contributed by atoms with Crippen LogP contribution in [0.1, 0.15) is 20.8 Å². The SMILES string of the molecule is CC(C)(C)C1CN(C(=O)O)CC(N)CO1. The molecule has 0 spiro atoms. The van der Waals surface area contributed by atoms with Crippen LogP contribution in [0.5, 0.6) is 0 Å². The van der Waals surface area contributed by atoms with Gasteiger partial charge in [0.15, 0.2) is 0 Å². The molecule has 2 unspecified atom stereocenters. The van der Waals surface area contributed by atoms with Crippen molar-refractivity contribution >= 4 is 6.09 Å². The summed E-state index contributed by atoms with van der Waals surface area (Å²) in [6.07, 6.45) is -1.02. The summed E-state index contributed by atoms with van der Waals surface area (Å²) in [5.41, 5.74) is 5.67. The van der Waals surface area contributed by atoms with Gasteiger partial charge in [0.05, 0.1) is 19.3 Å². The summed E-state index contributed by atoms with van der Waals surface area (Å²) >= 11 is 0. The van der Waals surface area contributed by atoms with Crippen LogP contribution in [-0.2, 0) is 4.74 Å². The summed E-state index contributed by atoms with van der Waals surface area (Å²) < 4.78 is 5.63. The largest absolute Gasteiger partial charge is 0.465 e. The van der Waals surface area contributed by atoms with Crippen LogP contribution in [0.25, 0.3) is 0 Å². The van der Waals surface area contributed by atoms with Crippen molar-refractivity contribution in [3.63, 3.8) is 0 Å². The summed E-state index contributed by atoms with van der Waals surface area (Å²) in [5.74, 6) is 0. The van der Waals surface area contributed by atoms with E-state index in [4.69, 9.17) is 15.6 Å². The van der Waals surface area contributed by atoms with Gasteiger partial charge in [-0.15, -0.1) is 0 Å². The fourth-order valence-corrected chi connectivity index (χ4v) is 1.58. The third-order valence-corrected chi connectivity index (χ3v) is 2.59. The Morgan fingerprint density at radius 3 is 2.53 bits per heavy atom. The van der Waals surface area contributed by atoms with Crippen LogP contribution in [0.4, 0.5) is 4.79 Å². The molecule has 0 bridgehead atoms. The van der Waals surface area contributed by atoms with Gasteiger partial charge < -0.3 is 20.5 Å². The number of hydrogen-bond donors (Lipinski definition) is 2. The molecule has 1 rings (SSSR count). The number of nitrogens with two attached hydrogens (primary N) is 1. The molecule has 5 nitrogen and oxygen atoms in total. The Morgan fingerprint density at radius 1 is 1.47 bits per heavy atom. The van der Waals surface area contributed by atoms with E-state index in [1.54, 1.807) is 0 Å². The fourth-order valence-electron chi connectivity index (χ4n) is 1.58. The normalized spacial score (nSPS) is 28.7. The Labute approximate surface area is 90.2 Å². The van der Waals surface area contributed by atoms with Gasteiger partial charge in [-0.25, -0.2) is 4.79 Å². The topological polar surface area (TPSA) is 75.8 Å². The summed E-state index contributed by atoms with van der Waals surface area (Å²) in [7, 11) is 0. The Bertz CT molecular complexity index is 237. The van der Waals surface area contributed by atoms with Gasteiger partial charge in [0, 0.05) is 12.6 Å². The minimum absolute atomic E-state index is 0.0717. The zero-order valence-corrected chi connectivity index (χ0v) is 9.56. The Kier molecular flexibility index (Phi) is 3.57. The van der Waals surface area contributed by atoms with E-state index in [-0.39, 0.29) is 17.6 Å². The van der Waals surface area contributed by atoms with Gasteiger partial charge in [-0.05, 0) is 5.41 Å². The Morgan fingerprint density at radius 2 is 2.07 bits per heavy atom. The molecule has 0 saturated carbocycles. The zero-order chi connectivity index (χ0) is 11.6. The molecule has 15 heavy (non-hydrogen) atoms. The Balaban J connectivity index is 2.73. The average Bonchev–Trinajstić information content (AvgIpc) is 2.25. The first-order chi connectivity index (χ1) is 6.80. The van der Waals surface area contributed by atoms with Crippen LogP contribution < -0.4 is 5.73 Å². The molecule has 1 fully saturated rings. The highest BCUT2D eigenvalue weighted by Gasteiger charge is 2.32. The van der Waals surface area contributed by atoms with Crippen molar-refractivity contribution in [3.05, 3.63) is 0 Å². The quantitative estimate of drug-likeness (QED) is 0.626. The molecule has 1 aliphatic heterocycles. The number of carbonyl (C=O) groups is 1. The van der Waals surface area contributed by atoms with Crippen molar-refractivity contribution in [1.29, 1.82) is 0 Å². The standard InChI is InChI=1S/C10H20N2O3/c1-10(2,3)8-5-12(9(13)14)4-7(11)6-15-8/h7-8H,4-6,11H2,1-3H3,(H,13,14). The molecular weight excluding hydrogens is 196 g/mol. The maximum atomic E-state index is 10.9. The lowest BCUT2D eigenvalue weighted by Crippen LogP contribution is -2.43. The summed E-state index contributed by atoms with van der Waals surface area (Å²) in [5, 5.41) is 8.98. The second kappa shape index (κ2) is 4.37. The maximum Gasteiger partial charge on any atom is 0.407 e. The van der Waals surface area contributed by atoms with Gasteiger partial charge in [0.25, 0.3) is 0 Å². The van der Waals surface area contributed by atoms with Crippen LogP contribution in [0.15, 0.2) is 0 Å². The Hall–Kier alpha value is -0.810. The predicted octanol–water partition coefficient (Wildman–Crippen LogP) is 0.739. The van der Waals surface area contributed by atoms with E-state index in [1.165, 1.54) is 4.90 Å². The fraction of sp³-hybridized carbons (Fsp3) is 0.900. The van der Waals surface area contributed by atoms with Gasteiger partial charge in [0.1, 0.15) is 0 Å². The second-order valence-corrected chi connectivity index (χ2v) is 5.14. The zero-order valence-electron chi connectivity index (χ0n) is 9.56. The van der Waals surface area contributed by atoms with E-state index in [0.29, 0.717) is 19.7 Å². The maximum absolute atomic E-state index is 10.9. The molecule has 0 aromatic carbocycles. The van der Waals surface area contributed by atoms with Crippen molar-refractivity contribution < 1.29 is 14.6 Å². The third kappa shape index (κ3) is 3.35. The molecule has 5 heteroatoms. The van der Waals surface area contributed by atoms with Crippen LogP contribution in [0.3, 0.4) is 0 Å². The number of rotatable bonds is 0. The molecule has 0 aromatic heterocycles. The van der Waals surface area contributed by atoms with Gasteiger partial charge in [-0.2, -0.15) is 0 Å². The van der Waals surface area contributed by atoms with Crippen molar-refractivity contribution in [2.24, 2.45) is 11.1 Å². The van der Waals surface area contributed by atoms with E-state index in [0.717, 1.165) is 0 Å². The van der Waals surface area contributed by atoms with Gasteiger partial charge in [-0.1, -0.05) is 20.8 Å². The first kappa shape index (κ1) is 12.3. The molecule has 0 radical (unpaired) electrons. The lowest BCUT2D eigenvalue weighted by molar-refractivity contribution is -0.0180. The van der Waals surface area contributed by atoms with Crippen LogP contribution in [0, 0.1) is 5.41 Å². The van der Waals surface area contributed by atoms with Crippen molar-refractivity contribution in [2.75, 3.05) is 19.7 Å². The third-order valence-electron chi connectivity index (χ3n) is 2.59. The molecule has 1 heterocycles. The van der Waals surface area contributed by atoms with Crippen molar-refractivity contribution in [3.8, 4) is 0 Å². The lowest BCUT2D eigenvalue weighted by atomic mass is 9.89. The van der Waals surface area contributed by atoms with Gasteiger partial charge in [0.2, 0.25) is 0 Å². The molecular formula is C10H20N2O3. The molecule has 0 aromatic rings. The monoisotopic (exact) mass is 216 g/mol.